The highest BCUT2D eigenvalue weighted by Gasteiger charge is 2.27. The molecule has 1 fully saturated rings. The minimum atomic E-state index is -0.342. The SMILES string of the molecule is CC1CN(C(=O)/C(C#N)=C\Nc2c(Cl)cccc2Cl)CC(C)O1. The Morgan fingerprint density at radius 3 is 2.43 bits per heavy atom. The fraction of sp³-hybridized carbons (Fsp3) is 0.375. The number of para-hydroxylation sites is 1. The average Bonchev–Trinajstić information content (AvgIpc) is 2.49. The van der Waals surface area contributed by atoms with Crippen molar-refractivity contribution in [2.24, 2.45) is 0 Å². The van der Waals surface area contributed by atoms with E-state index in [0.29, 0.717) is 28.8 Å². The molecule has 0 radical (unpaired) electrons. The van der Waals surface area contributed by atoms with Gasteiger partial charge in [-0.3, -0.25) is 4.79 Å². The van der Waals surface area contributed by atoms with E-state index in [2.05, 4.69) is 5.32 Å². The highest BCUT2D eigenvalue weighted by molar-refractivity contribution is 6.39. The van der Waals surface area contributed by atoms with Crippen molar-refractivity contribution in [2.45, 2.75) is 26.1 Å². The number of hydrogen-bond donors (Lipinski definition) is 1. The number of rotatable bonds is 3. The quantitative estimate of drug-likeness (QED) is 0.667. The van der Waals surface area contributed by atoms with Crippen LogP contribution in [0.25, 0.3) is 0 Å². The standard InChI is InChI=1S/C16H17Cl2N3O2/c1-10-8-21(9-11(2)23-10)16(22)12(6-19)7-20-15-13(17)4-3-5-14(15)18/h3-5,7,10-11,20H,8-9H2,1-2H3/b12-7-. The maximum atomic E-state index is 12.5. The third kappa shape index (κ3) is 4.38. The van der Waals surface area contributed by atoms with Crippen molar-refractivity contribution in [1.82, 2.24) is 4.90 Å². The molecule has 0 spiro atoms. The maximum absolute atomic E-state index is 12.5. The van der Waals surface area contributed by atoms with Crippen molar-refractivity contribution in [3.05, 3.63) is 40.0 Å². The van der Waals surface area contributed by atoms with Gasteiger partial charge < -0.3 is 15.0 Å². The number of nitrogens with one attached hydrogen (secondary N) is 1. The van der Waals surface area contributed by atoms with E-state index in [4.69, 9.17) is 27.9 Å². The number of ether oxygens (including phenoxy) is 1. The van der Waals surface area contributed by atoms with Crippen molar-refractivity contribution >= 4 is 34.8 Å². The van der Waals surface area contributed by atoms with Gasteiger partial charge in [-0.25, -0.2) is 0 Å². The van der Waals surface area contributed by atoms with Gasteiger partial charge in [0.25, 0.3) is 5.91 Å². The van der Waals surface area contributed by atoms with Gasteiger partial charge >= 0.3 is 0 Å². The number of carbonyl (C=O) groups is 1. The molecular weight excluding hydrogens is 337 g/mol. The van der Waals surface area contributed by atoms with E-state index in [1.807, 2.05) is 19.9 Å². The van der Waals surface area contributed by atoms with E-state index in [1.54, 1.807) is 23.1 Å². The first kappa shape index (κ1) is 17.6. The molecule has 0 aliphatic carbocycles. The molecule has 2 rings (SSSR count). The van der Waals surface area contributed by atoms with Crippen molar-refractivity contribution in [1.29, 1.82) is 5.26 Å². The number of benzene rings is 1. The normalized spacial score (nSPS) is 21.7. The third-order valence-corrected chi connectivity index (χ3v) is 4.01. The van der Waals surface area contributed by atoms with Gasteiger partial charge in [-0.2, -0.15) is 5.26 Å². The monoisotopic (exact) mass is 353 g/mol. The van der Waals surface area contributed by atoms with E-state index in [9.17, 15) is 10.1 Å². The molecular formula is C16H17Cl2N3O2. The minimum absolute atomic E-state index is 0.0118. The first-order valence-corrected chi connectivity index (χ1v) is 7.93. The van der Waals surface area contributed by atoms with Gasteiger partial charge in [0.15, 0.2) is 0 Å². The number of nitrogens with zero attached hydrogens (tertiary/aromatic N) is 2. The Labute approximate surface area is 145 Å². The molecule has 1 aliphatic heterocycles. The number of amides is 1. The second kappa shape index (κ2) is 7.69. The van der Waals surface area contributed by atoms with Gasteiger partial charge in [-0.05, 0) is 26.0 Å². The van der Waals surface area contributed by atoms with E-state index in [0.717, 1.165) is 0 Å². The molecule has 0 bridgehead atoms. The van der Waals surface area contributed by atoms with Gasteiger partial charge in [-0.1, -0.05) is 29.3 Å². The zero-order chi connectivity index (χ0) is 17.0. The summed E-state index contributed by atoms with van der Waals surface area (Å²) in [7, 11) is 0. The van der Waals surface area contributed by atoms with Crippen molar-refractivity contribution < 1.29 is 9.53 Å². The second-order valence-electron chi connectivity index (χ2n) is 5.38. The number of halogens is 2. The highest BCUT2D eigenvalue weighted by Crippen LogP contribution is 2.30. The maximum Gasteiger partial charge on any atom is 0.266 e. The van der Waals surface area contributed by atoms with Crippen LogP contribution in [0.3, 0.4) is 0 Å². The van der Waals surface area contributed by atoms with Gasteiger partial charge in [0, 0.05) is 19.3 Å². The van der Waals surface area contributed by atoms with Crippen molar-refractivity contribution in [2.75, 3.05) is 18.4 Å². The van der Waals surface area contributed by atoms with E-state index in [1.165, 1.54) is 6.20 Å². The van der Waals surface area contributed by atoms with E-state index < -0.39 is 0 Å². The van der Waals surface area contributed by atoms with Gasteiger partial charge in [0.2, 0.25) is 0 Å². The first-order chi connectivity index (χ1) is 10.9. The highest BCUT2D eigenvalue weighted by atomic mass is 35.5. The molecule has 1 aromatic rings. The number of anilines is 1. The number of nitriles is 1. The van der Waals surface area contributed by atoms with Crippen molar-refractivity contribution in [3.63, 3.8) is 0 Å². The first-order valence-electron chi connectivity index (χ1n) is 7.18. The van der Waals surface area contributed by atoms with Gasteiger partial charge in [-0.15, -0.1) is 0 Å². The Morgan fingerprint density at radius 1 is 1.35 bits per heavy atom. The van der Waals surface area contributed by atoms with Crippen LogP contribution in [0.1, 0.15) is 13.8 Å². The van der Waals surface area contributed by atoms with E-state index in [-0.39, 0.29) is 23.7 Å². The smallest absolute Gasteiger partial charge is 0.266 e. The Hall–Kier alpha value is -1.74. The van der Waals surface area contributed by atoms with Crippen LogP contribution >= 0.6 is 23.2 Å². The van der Waals surface area contributed by atoms with Crippen LogP contribution in [0.5, 0.6) is 0 Å². The summed E-state index contributed by atoms with van der Waals surface area (Å²) in [5.41, 5.74) is 0.447. The molecule has 23 heavy (non-hydrogen) atoms. The molecule has 1 aliphatic rings. The molecule has 1 amide bonds. The Balaban J connectivity index is 2.16. The lowest BCUT2D eigenvalue weighted by atomic mass is 10.2. The summed E-state index contributed by atoms with van der Waals surface area (Å²) in [6.45, 7) is 4.70. The number of carbonyl (C=O) groups excluding carboxylic acids is 1. The van der Waals surface area contributed by atoms with Gasteiger partial charge in [0.05, 0.1) is 27.9 Å². The summed E-state index contributed by atoms with van der Waals surface area (Å²) in [6.07, 6.45) is 1.21. The van der Waals surface area contributed by atoms with Crippen LogP contribution in [0, 0.1) is 11.3 Å². The topological polar surface area (TPSA) is 65.4 Å². The molecule has 5 nitrogen and oxygen atoms in total. The lowest BCUT2D eigenvalue weighted by Crippen LogP contribution is -2.48. The fourth-order valence-corrected chi connectivity index (χ4v) is 2.94. The average molecular weight is 354 g/mol. The third-order valence-electron chi connectivity index (χ3n) is 3.38. The molecule has 0 saturated carbocycles. The number of morpholine rings is 1. The van der Waals surface area contributed by atoms with Crippen LogP contribution < -0.4 is 5.32 Å². The fourth-order valence-electron chi connectivity index (χ4n) is 2.44. The summed E-state index contributed by atoms with van der Waals surface area (Å²) in [5, 5.41) is 12.9. The zero-order valence-electron chi connectivity index (χ0n) is 12.8. The Kier molecular flexibility index (Phi) is 5.89. The molecule has 1 heterocycles. The molecule has 1 aromatic carbocycles. The molecule has 0 aromatic heterocycles. The molecule has 1 N–H and O–H groups in total. The number of hydrogen-bond acceptors (Lipinski definition) is 4. The second-order valence-corrected chi connectivity index (χ2v) is 6.19. The largest absolute Gasteiger partial charge is 0.372 e. The minimum Gasteiger partial charge on any atom is -0.372 e. The summed E-state index contributed by atoms with van der Waals surface area (Å²) >= 11 is 12.1. The summed E-state index contributed by atoms with van der Waals surface area (Å²) in [4.78, 5) is 14.1. The van der Waals surface area contributed by atoms with Crippen LogP contribution in [0.15, 0.2) is 30.0 Å². The summed E-state index contributed by atoms with van der Waals surface area (Å²) in [6, 6.07) is 6.97. The molecule has 2 unspecified atom stereocenters. The summed E-state index contributed by atoms with van der Waals surface area (Å²) in [5.74, 6) is -0.342. The van der Waals surface area contributed by atoms with Gasteiger partial charge in [0.1, 0.15) is 11.6 Å². The predicted octanol–water partition coefficient (Wildman–Crippen LogP) is 3.45. The van der Waals surface area contributed by atoms with Crippen molar-refractivity contribution in [3.8, 4) is 6.07 Å². The molecule has 7 heteroatoms. The Morgan fingerprint density at radius 2 is 1.91 bits per heavy atom. The predicted molar refractivity (Wildman–Crippen MR) is 90.4 cm³/mol. The van der Waals surface area contributed by atoms with Crippen LogP contribution in [-0.2, 0) is 9.53 Å². The zero-order valence-corrected chi connectivity index (χ0v) is 14.4. The lowest BCUT2D eigenvalue weighted by Gasteiger charge is -2.35. The lowest BCUT2D eigenvalue weighted by molar-refractivity contribution is -0.138. The van der Waals surface area contributed by atoms with Crippen LogP contribution in [0.2, 0.25) is 10.0 Å². The molecule has 122 valence electrons. The van der Waals surface area contributed by atoms with Crippen LogP contribution in [-0.4, -0.2) is 36.1 Å². The molecule has 2 atom stereocenters. The molecule has 1 saturated heterocycles. The Bertz CT molecular complexity index is 640. The van der Waals surface area contributed by atoms with E-state index >= 15 is 0 Å². The van der Waals surface area contributed by atoms with Crippen LogP contribution in [0.4, 0.5) is 5.69 Å². The summed E-state index contributed by atoms with van der Waals surface area (Å²) < 4.78 is 5.59.